The fourth-order valence-corrected chi connectivity index (χ4v) is 1.96. The van der Waals surface area contributed by atoms with Gasteiger partial charge in [0.25, 0.3) is 0 Å². The molecule has 0 amide bonds. The summed E-state index contributed by atoms with van der Waals surface area (Å²) in [7, 11) is 0. The van der Waals surface area contributed by atoms with Crippen molar-refractivity contribution in [3.63, 3.8) is 0 Å². The maximum atomic E-state index is 13.8. The molecular weight excluding hydrogens is 259 g/mol. The van der Waals surface area contributed by atoms with Gasteiger partial charge in [0.15, 0.2) is 11.6 Å². The van der Waals surface area contributed by atoms with Crippen LogP contribution >= 0.6 is 0 Å². The number of hydrogen-bond acceptors (Lipinski definition) is 3. The van der Waals surface area contributed by atoms with Gasteiger partial charge in [-0.05, 0) is 31.0 Å². The zero-order valence-corrected chi connectivity index (χ0v) is 11.7. The number of aliphatic hydroxyl groups is 1. The quantitative estimate of drug-likeness (QED) is 0.883. The van der Waals surface area contributed by atoms with E-state index in [9.17, 15) is 9.50 Å². The van der Waals surface area contributed by atoms with Gasteiger partial charge >= 0.3 is 0 Å². The Labute approximate surface area is 117 Å². The van der Waals surface area contributed by atoms with E-state index in [1.165, 1.54) is 12.1 Å². The Kier molecular flexibility index (Phi) is 4.74. The molecule has 2 rings (SSSR count). The second-order valence-electron chi connectivity index (χ2n) is 4.73. The van der Waals surface area contributed by atoms with Crippen LogP contribution < -0.4 is 4.74 Å². The molecule has 0 saturated carbocycles. The third kappa shape index (κ3) is 3.36. The molecule has 0 bridgehead atoms. The van der Waals surface area contributed by atoms with Gasteiger partial charge in [0.2, 0.25) is 0 Å². The zero-order valence-electron chi connectivity index (χ0n) is 11.7. The fourth-order valence-electron chi connectivity index (χ4n) is 1.96. The Morgan fingerprint density at radius 1 is 1.45 bits per heavy atom. The number of nitrogens with zero attached hydrogens (tertiary/aromatic N) is 2. The molecule has 108 valence electrons. The van der Waals surface area contributed by atoms with Crippen LogP contribution in [-0.2, 0) is 13.2 Å². The first kappa shape index (κ1) is 14.5. The summed E-state index contributed by atoms with van der Waals surface area (Å²) in [5, 5.41) is 9.40. The lowest BCUT2D eigenvalue weighted by Crippen LogP contribution is -2.06. The van der Waals surface area contributed by atoms with E-state index >= 15 is 0 Å². The highest BCUT2D eigenvalue weighted by Gasteiger charge is 2.09. The Hall–Kier alpha value is -1.88. The number of rotatable bonds is 6. The molecule has 2 aromatic rings. The number of aryl methyl sites for hydroxylation is 1. The van der Waals surface area contributed by atoms with Crippen LogP contribution in [0, 0.1) is 5.82 Å². The molecule has 20 heavy (non-hydrogen) atoms. The summed E-state index contributed by atoms with van der Waals surface area (Å²) in [6.07, 6.45) is 3.78. The van der Waals surface area contributed by atoms with Gasteiger partial charge < -0.3 is 14.4 Å². The van der Waals surface area contributed by atoms with Crippen molar-refractivity contribution >= 4 is 0 Å². The molecule has 1 unspecified atom stereocenters. The van der Waals surface area contributed by atoms with Crippen LogP contribution in [0.15, 0.2) is 30.7 Å². The van der Waals surface area contributed by atoms with Gasteiger partial charge in [-0.1, -0.05) is 13.0 Å². The van der Waals surface area contributed by atoms with Crippen molar-refractivity contribution in [3.05, 3.63) is 47.8 Å². The van der Waals surface area contributed by atoms with E-state index in [1.54, 1.807) is 25.5 Å². The number of halogens is 1. The van der Waals surface area contributed by atoms with Crippen LogP contribution in [-0.4, -0.2) is 14.7 Å². The monoisotopic (exact) mass is 278 g/mol. The van der Waals surface area contributed by atoms with Gasteiger partial charge in [-0.15, -0.1) is 0 Å². The van der Waals surface area contributed by atoms with Crippen LogP contribution in [0.25, 0.3) is 0 Å². The molecule has 1 atom stereocenters. The Morgan fingerprint density at radius 3 is 2.90 bits per heavy atom. The summed E-state index contributed by atoms with van der Waals surface area (Å²) in [6, 6.07) is 4.49. The molecule has 5 heteroatoms. The van der Waals surface area contributed by atoms with Gasteiger partial charge in [-0.3, -0.25) is 0 Å². The normalized spacial score (nSPS) is 12.4. The van der Waals surface area contributed by atoms with E-state index in [4.69, 9.17) is 4.74 Å². The molecule has 0 aliphatic heterocycles. The molecule has 0 spiro atoms. The lowest BCUT2D eigenvalue weighted by Gasteiger charge is -2.11. The summed E-state index contributed by atoms with van der Waals surface area (Å²) in [5.41, 5.74) is 1.44. The Balaban J connectivity index is 2.05. The van der Waals surface area contributed by atoms with Crippen molar-refractivity contribution in [2.75, 3.05) is 0 Å². The number of aliphatic hydroxyl groups excluding tert-OH is 1. The summed E-state index contributed by atoms with van der Waals surface area (Å²) in [6.45, 7) is 4.81. The molecule has 0 aliphatic rings. The molecule has 1 N–H and O–H groups in total. The van der Waals surface area contributed by atoms with E-state index in [-0.39, 0.29) is 12.4 Å². The number of benzene rings is 1. The summed E-state index contributed by atoms with van der Waals surface area (Å²) in [5.74, 6) is -0.288. The summed E-state index contributed by atoms with van der Waals surface area (Å²) < 4.78 is 21.3. The SMILES string of the molecule is CCCn1cncc1COc1ccc(C(C)O)cc1F. The van der Waals surface area contributed by atoms with E-state index in [0.717, 1.165) is 18.7 Å². The van der Waals surface area contributed by atoms with E-state index < -0.39 is 11.9 Å². The lowest BCUT2D eigenvalue weighted by molar-refractivity contribution is 0.198. The molecule has 0 fully saturated rings. The predicted octanol–water partition coefficient (Wildman–Crippen LogP) is 3.06. The van der Waals surface area contributed by atoms with Crippen LogP contribution in [0.2, 0.25) is 0 Å². The van der Waals surface area contributed by atoms with Crippen molar-refractivity contribution in [1.82, 2.24) is 9.55 Å². The Morgan fingerprint density at radius 2 is 2.25 bits per heavy atom. The molecule has 4 nitrogen and oxygen atoms in total. The first-order chi connectivity index (χ1) is 9.61. The minimum absolute atomic E-state index is 0.179. The number of hydrogen-bond donors (Lipinski definition) is 1. The highest BCUT2D eigenvalue weighted by molar-refractivity contribution is 5.30. The second-order valence-corrected chi connectivity index (χ2v) is 4.73. The number of ether oxygens (including phenoxy) is 1. The maximum Gasteiger partial charge on any atom is 0.165 e. The smallest absolute Gasteiger partial charge is 0.165 e. The van der Waals surface area contributed by atoms with Crippen molar-refractivity contribution in [1.29, 1.82) is 0 Å². The predicted molar refractivity (Wildman–Crippen MR) is 73.9 cm³/mol. The van der Waals surface area contributed by atoms with Crippen LogP contribution in [0.5, 0.6) is 5.75 Å². The number of imidazole rings is 1. The summed E-state index contributed by atoms with van der Waals surface area (Å²) >= 11 is 0. The lowest BCUT2D eigenvalue weighted by atomic mass is 10.1. The zero-order chi connectivity index (χ0) is 14.5. The highest BCUT2D eigenvalue weighted by atomic mass is 19.1. The minimum atomic E-state index is -0.690. The molecule has 1 heterocycles. The molecule has 0 saturated heterocycles. The molecule has 1 aromatic carbocycles. The minimum Gasteiger partial charge on any atom is -0.484 e. The number of aromatic nitrogens is 2. The van der Waals surface area contributed by atoms with E-state index in [2.05, 4.69) is 11.9 Å². The molecule has 1 aromatic heterocycles. The van der Waals surface area contributed by atoms with Crippen LogP contribution in [0.3, 0.4) is 0 Å². The molecular formula is C15H19FN2O2. The highest BCUT2D eigenvalue weighted by Crippen LogP contribution is 2.22. The van der Waals surface area contributed by atoms with Gasteiger partial charge in [0, 0.05) is 6.54 Å². The molecule has 0 radical (unpaired) electrons. The van der Waals surface area contributed by atoms with E-state index in [0.29, 0.717) is 5.56 Å². The van der Waals surface area contributed by atoms with Crippen LogP contribution in [0.4, 0.5) is 4.39 Å². The molecule has 0 aliphatic carbocycles. The summed E-state index contributed by atoms with van der Waals surface area (Å²) in [4.78, 5) is 4.07. The maximum absolute atomic E-state index is 13.8. The van der Waals surface area contributed by atoms with E-state index in [1.807, 2.05) is 4.57 Å². The average Bonchev–Trinajstić information content (AvgIpc) is 2.85. The van der Waals surface area contributed by atoms with Gasteiger partial charge in [-0.2, -0.15) is 0 Å². The second kappa shape index (κ2) is 6.52. The van der Waals surface area contributed by atoms with Crippen molar-refractivity contribution in [2.24, 2.45) is 0 Å². The third-order valence-corrected chi connectivity index (χ3v) is 3.08. The third-order valence-electron chi connectivity index (χ3n) is 3.08. The Bertz CT molecular complexity index is 567. The van der Waals surface area contributed by atoms with Gasteiger partial charge in [0.05, 0.1) is 24.3 Å². The van der Waals surface area contributed by atoms with Crippen molar-refractivity contribution in [3.8, 4) is 5.75 Å². The van der Waals surface area contributed by atoms with Gasteiger partial charge in [-0.25, -0.2) is 9.37 Å². The van der Waals surface area contributed by atoms with Gasteiger partial charge in [0.1, 0.15) is 6.61 Å². The van der Waals surface area contributed by atoms with Crippen molar-refractivity contribution in [2.45, 2.75) is 39.5 Å². The van der Waals surface area contributed by atoms with Crippen molar-refractivity contribution < 1.29 is 14.2 Å². The largest absolute Gasteiger partial charge is 0.484 e. The standard InChI is InChI=1S/C15H19FN2O2/c1-3-6-18-10-17-8-13(18)9-20-15-5-4-12(11(2)19)7-14(15)16/h4-5,7-8,10-11,19H,3,6,9H2,1-2H3. The topological polar surface area (TPSA) is 47.3 Å². The average molecular weight is 278 g/mol. The van der Waals surface area contributed by atoms with Crippen LogP contribution in [0.1, 0.15) is 37.6 Å². The first-order valence-corrected chi connectivity index (χ1v) is 6.71. The first-order valence-electron chi connectivity index (χ1n) is 6.71. The fraction of sp³-hybridized carbons (Fsp3) is 0.400.